The fraction of sp³-hybridized carbons (Fsp3) is 0.143. The molecule has 0 radical (unpaired) electrons. The van der Waals surface area contributed by atoms with Gasteiger partial charge < -0.3 is 10.6 Å². The Morgan fingerprint density at radius 1 is 1.21 bits per heavy atom. The molecule has 1 amide bonds. The third-order valence-electron chi connectivity index (χ3n) is 4.64. The second-order valence-corrected chi connectivity index (χ2v) is 8.25. The average Bonchev–Trinajstić information content (AvgIpc) is 3.43. The number of aromatic nitrogens is 4. The molecule has 0 saturated heterocycles. The number of carbonyl (C=O) groups is 1. The Morgan fingerprint density at radius 2 is 1.97 bits per heavy atom. The molecule has 7 nitrogen and oxygen atoms in total. The van der Waals surface area contributed by atoms with Crippen molar-refractivity contribution in [3.05, 3.63) is 75.2 Å². The number of rotatable bonds is 6. The Kier molecular flexibility index (Phi) is 6.34. The molecule has 4 aromatic rings. The Morgan fingerprint density at radius 3 is 2.64 bits per heavy atom. The molecule has 2 N–H and O–H groups in total. The number of carbonyl (C=O) groups excluding carboxylic acids is 1. The molecule has 0 saturated carbocycles. The van der Waals surface area contributed by atoms with Gasteiger partial charge in [-0.05, 0) is 23.8 Å². The minimum absolute atomic E-state index is 0.0945. The van der Waals surface area contributed by atoms with E-state index in [0.717, 1.165) is 12.1 Å². The van der Waals surface area contributed by atoms with Gasteiger partial charge in [0.05, 0.1) is 33.6 Å². The molecular weight excluding hydrogens is 477 g/mol. The number of hydrogen-bond acceptors (Lipinski definition) is 6. The van der Waals surface area contributed by atoms with Gasteiger partial charge in [-0.25, -0.2) is 9.97 Å². The van der Waals surface area contributed by atoms with E-state index < -0.39 is 11.7 Å². The van der Waals surface area contributed by atoms with Crippen LogP contribution in [0.25, 0.3) is 11.3 Å². The fourth-order valence-corrected chi connectivity index (χ4v) is 3.91. The zero-order valence-corrected chi connectivity index (χ0v) is 18.6. The van der Waals surface area contributed by atoms with Gasteiger partial charge in [0.2, 0.25) is 5.95 Å². The van der Waals surface area contributed by atoms with Gasteiger partial charge >= 0.3 is 6.18 Å². The number of benzene rings is 1. The summed E-state index contributed by atoms with van der Waals surface area (Å²) in [6.45, 7) is 0.0945. The van der Waals surface area contributed by atoms with Crippen molar-refractivity contribution < 1.29 is 18.0 Å². The molecule has 3 aromatic heterocycles. The van der Waals surface area contributed by atoms with E-state index in [1.807, 2.05) is 0 Å². The Bertz CT molecular complexity index is 1290. The van der Waals surface area contributed by atoms with Gasteiger partial charge in [0.15, 0.2) is 0 Å². The molecule has 0 aliphatic rings. The third-order valence-corrected chi connectivity index (χ3v) is 5.84. The van der Waals surface area contributed by atoms with Gasteiger partial charge in [0, 0.05) is 30.6 Å². The predicted molar refractivity (Wildman–Crippen MR) is 119 cm³/mol. The smallest absolute Gasteiger partial charge is 0.347 e. The maximum absolute atomic E-state index is 12.7. The molecule has 0 bridgehead atoms. The maximum atomic E-state index is 12.7. The van der Waals surface area contributed by atoms with Crippen molar-refractivity contribution in [2.75, 3.05) is 5.32 Å². The van der Waals surface area contributed by atoms with Crippen LogP contribution in [0.4, 0.5) is 24.9 Å². The van der Waals surface area contributed by atoms with Gasteiger partial charge in [-0.3, -0.25) is 9.48 Å². The van der Waals surface area contributed by atoms with Crippen molar-refractivity contribution in [1.82, 2.24) is 25.1 Å². The molecule has 4 rings (SSSR count). The highest BCUT2D eigenvalue weighted by Crippen LogP contribution is 2.31. The van der Waals surface area contributed by atoms with Crippen molar-refractivity contribution in [1.29, 1.82) is 0 Å². The van der Waals surface area contributed by atoms with Gasteiger partial charge in [-0.1, -0.05) is 23.7 Å². The van der Waals surface area contributed by atoms with E-state index in [-0.39, 0.29) is 12.5 Å². The van der Waals surface area contributed by atoms with Crippen LogP contribution in [0, 0.1) is 0 Å². The summed E-state index contributed by atoms with van der Waals surface area (Å²) >= 11 is 7.47. The van der Waals surface area contributed by atoms with Gasteiger partial charge in [0.25, 0.3) is 5.91 Å². The van der Waals surface area contributed by atoms with Gasteiger partial charge in [0.1, 0.15) is 5.82 Å². The molecule has 0 fully saturated rings. The number of thiophene rings is 1. The van der Waals surface area contributed by atoms with Crippen molar-refractivity contribution in [2.24, 2.45) is 7.05 Å². The van der Waals surface area contributed by atoms with Crippen LogP contribution in [0.15, 0.2) is 54.2 Å². The quantitative estimate of drug-likeness (QED) is 0.382. The molecule has 1 aromatic carbocycles. The molecule has 0 aliphatic carbocycles. The Balaban J connectivity index is 1.44. The van der Waals surface area contributed by atoms with Crippen LogP contribution >= 0.6 is 22.9 Å². The van der Waals surface area contributed by atoms with Crippen molar-refractivity contribution in [3.63, 3.8) is 0 Å². The van der Waals surface area contributed by atoms with Crippen molar-refractivity contribution in [2.45, 2.75) is 12.7 Å². The van der Waals surface area contributed by atoms with Crippen LogP contribution < -0.4 is 10.6 Å². The zero-order valence-electron chi connectivity index (χ0n) is 17.0. The zero-order chi connectivity index (χ0) is 23.6. The number of anilines is 2. The molecule has 12 heteroatoms. The number of aryl methyl sites for hydroxylation is 1. The van der Waals surface area contributed by atoms with Crippen LogP contribution in [0.1, 0.15) is 20.8 Å². The molecule has 170 valence electrons. The first-order valence-corrected chi connectivity index (χ1v) is 10.8. The van der Waals surface area contributed by atoms with E-state index in [0.29, 0.717) is 38.5 Å². The van der Waals surface area contributed by atoms with E-state index in [1.165, 1.54) is 29.7 Å². The number of nitrogens with one attached hydrogen (secondary N) is 2. The van der Waals surface area contributed by atoms with E-state index >= 15 is 0 Å². The lowest BCUT2D eigenvalue weighted by Gasteiger charge is -2.08. The van der Waals surface area contributed by atoms with Crippen molar-refractivity contribution in [3.8, 4) is 11.3 Å². The SMILES string of the molecule is Cn1nccc1Nc1ncc(Cl)c(-c2csc(C(=O)NCc3ccc(C(F)(F)F)cc3)c2)n1. The summed E-state index contributed by atoms with van der Waals surface area (Å²) in [6.07, 6.45) is -1.30. The van der Waals surface area contributed by atoms with E-state index in [1.54, 1.807) is 35.4 Å². The lowest BCUT2D eigenvalue weighted by atomic mass is 10.1. The first-order valence-electron chi connectivity index (χ1n) is 9.51. The summed E-state index contributed by atoms with van der Waals surface area (Å²) in [5.74, 6) is 0.652. The monoisotopic (exact) mass is 492 g/mol. The summed E-state index contributed by atoms with van der Waals surface area (Å²) in [5, 5.41) is 11.9. The van der Waals surface area contributed by atoms with Gasteiger partial charge in [-0.2, -0.15) is 18.3 Å². The second kappa shape index (κ2) is 9.20. The highest BCUT2D eigenvalue weighted by Gasteiger charge is 2.29. The highest BCUT2D eigenvalue weighted by molar-refractivity contribution is 7.12. The molecule has 0 unspecified atom stereocenters. The normalized spacial score (nSPS) is 11.4. The molecule has 0 aliphatic heterocycles. The number of hydrogen-bond donors (Lipinski definition) is 2. The van der Waals surface area contributed by atoms with Crippen LogP contribution in [-0.4, -0.2) is 25.7 Å². The van der Waals surface area contributed by atoms with Crippen LogP contribution in [0.2, 0.25) is 5.02 Å². The van der Waals surface area contributed by atoms with Crippen LogP contribution in [-0.2, 0) is 19.8 Å². The first-order chi connectivity index (χ1) is 15.7. The molecule has 33 heavy (non-hydrogen) atoms. The Labute approximate surface area is 195 Å². The number of nitrogens with zero attached hydrogens (tertiary/aromatic N) is 4. The van der Waals surface area contributed by atoms with E-state index in [2.05, 4.69) is 25.7 Å². The number of amides is 1. The largest absolute Gasteiger partial charge is 0.416 e. The number of halogens is 4. The first kappa shape index (κ1) is 22.7. The maximum Gasteiger partial charge on any atom is 0.416 e. The van der Waals surface area contributed by atoms with Crippen LogP contribution in [0.3, 0.4) is 0 Å². The lowest BCUT2D eigenvalue weighted by molar-refractivity contribution is -0.137. The fourth-order valence-electron chi connectivity index (χ4n) is 2.90. The predicted octanol–water partition coefficient (Wildman–Crippen LogP) is 5.28. The topological polar surface area (TPSA) is 84.7 Å². The van der Waals surface area contributed by atoms with E-state index in [4.69, 9.17) is 11.6 Å². The Hall–Kier alpha value is -3.44. The minimum Gasteiger partial charge on any atom is -0.347 e. The minimum atomic E-state index is -4.40. The summed E-state index contributed by atoms with van der Waals surface area (Å²) in [6, 6.07) is 8.05. The molecule has 0 atom stereocenters. The van der Waals surface area contributed by atoms with Crippen LogP contribution in [0.5, 0.6) is 0 Å². The van der Waals surface area contributed by atoms with Gasteiger partial charge in [-0.15, -0.1) is 11.3 Å². The molecule has 0 spiro atoms. The molecule has 3 heterocycles. The number of alkyl halides is 3. The summed E-state index contributed by atoms with van der Waals surface area (Å²) in [7, 11) is 1.77. The summed E-state index contributed by atoms with van der Waals surface area (Å²) in [5.41, 5.74) is 0.909. The highest BCUT2D eigenvalue weighted by atomic mass is 35.5. The lowest BCUT2D eigenvalue weighted by Crippen LogP contribution is -2.21. The molecular formula is C21H16ClF3N6OS. The van der Waals surface area contributed by atoms with E-state index in [9.17, 15) is 18.0 Å². The third kappa shape index (κ3) is 5.32. The van der Waals surface area contributed by atoms with Crippen molar-refractivity contribution >= 4 is 40.6 Å². The average molecular weight is 493 g/mol. The second-order valence-electron chi connectivity index (χ2n) is 6.93. The summed E-state index contributed by atoms with van der Waals surface area (Å²) < 4.78 is 39.6. The standard InChI is InChI=1S/C21H16ClF3N6OS/c1-31-17(6-7-28-31)29-20-27-10-15(22)18(30-20)13-8-16(33-11-13)19(32)26-9-12-2-4-14(5-3-12)21(23,24)25/h2-8,10-11H,9H2,1H3,(H,26,32)(H,27,29,30). The summed E-state index contributed by atoms with van der Waals surface area (Å²) in [4.78, 5) is 21.5.